The van der Waals surface area contributed by atoms with Crippen molar-refractivity contribution in [3.63, 3.8) is 0 Å². The Kier molecular flexibility index (Phi) is 3.41. The minimum absolute atomic E-state index is 0.0944. The first-order valence-electron chi connectivity index (χ1n) is 4.29. The van der Waals surface area contributed by atoms with E-state index in [0.717, 1.165) is 0 Å². The lowest BCUT2D eigenvalue weighted by molar-refractivity contribution is -0.126. The summed E-state index contributed by atoms with van der Waals surface area (Å²) >= 11 is 0. The van der Waals surface area contributed by atoms with Gasteiger partial charge < -0.3 is 5.32 Å². The first kappa shape index (κ1) is 11.8. The van der Waals surface area contributed by atoms with E-state index in [0.29, 0.717) is 12.8 Å². The molecule has 1 fully saturated rings. The predicted octanol–water partition coefficient (Wildman–Crippen LogP) is 0.716. The van der Waals surface area contributed by atoms with Crippen molar-refractivity contribution in [1.82, 2.24) is 5.32 Å². The van der Waals surface area contributed by atoms with E-state index in [-0.39, 0.29) is 11.5 Å². The third-order valence-electron chi connectivity index (χ3n) is 2.05. The Hall–Kier alpha value is -0.300. The molecule has 0 bridgehead atoms. The van der Waals surface area contributed by atoms with Gasteiger partial charge in [0.1, 0.15) is 0 Å². The standard InChI is InChI=1S/C7H12F3NO2S/c8-7(9,10)5-11-6-2-1-3-14(12,13)4-6/h6,11H,1-5H2. The fourth-order valence-corrected chi connectivity index (χ4v) is 3.11. The van der Waals surface area contributed by atoms with E-state index in [9.17, 15) is 21.6 Å². The summed E-state index contributed by atoms with van der Waals surface area (Å²) in [6, 6.07) is -0.546. The van der Waals surface area contributed by atoms with E-state index >= 15 is 0 Å². The molecule has 1 rings (SSSR count). The minimum atomic E-state index is -4.28. The quantitative estimate of drug-likeness (QED) is 0.761. The van der Waals surface area contributed by atoms with Crippen molar-refractivity contribution in [1.29, 1.82) is 0 Å². The monoisotopic (exact) mass is 231 g/mol. The summed E-state index contributed by atoms with van der Waals surface area (Å²) in [5.41, 5.74) is 0. The largest absolute Gasteiger partial charge is 0.401 e. The van der Waals surface area contributed by atoms with Gasteiger partial charge in [-0.3, -0.25) is 0 Å². The normalized spacial score (nSPS) is 27.5. The van der Waals surface area contributed by atoms with Crippen LogP contribution >= 0.6 is 0 Å². The summed E-state index contributed by atoms with van der Waals surface area (Å²) < 4.78 is 57.5. The number of halogens is 3. The van der Waals surface area contributed by atoms with Crippen molar-refractivity contribution < 1.29 is 21.6 Å². The third kappa shape index (κ3) is 4.28. The minimum Gasteiger partial charge on any atom is -0.305 e. The average molecular weight is 231 g/mol. The zero-order chi connectivity index (χ0) is 10.8. The zero-order valence-electron chi connectivity index (χ0n) is 7.47. The molecule has 1 aliphatic rings. The summed E-state index contributed by atoms with van der Waals surface area (Å²) in [5, 5.41) is 2.21. The van der Waals surface area contributed by atoms with Crippen LogP contribution in [0.5, 0.6) is 0 Å². The number of rotatable bonds is 2. The van der Waals surface area contributed by atoms with Crippen LogP contribution in [0.3, 0.4) is 0 Å². The lowest BCUT2D eigenvalue weighted by Crippen LogP contribution is -2.44. The second-order valence-electron chi connectivity index (χ2n) is 3.45. The van der Waals surface area contributed by atoms with E-state index in [4.69, 9.17) is 0 Å². The molecule has 0 aromatic carbocycles. The SMILES string of the molecule is O=S1(=O)CCCC(NCC(F)(F)F)C1. The molecule has 0 amide bonds. The van der Waals surface area contributed by atoms with Crippen LogP contribution in [0, 0.1) is 0 Å². The molecule has 1 aliphatic heterocycles. The van der Waals surface area contributed by atoms with Crippen LogP contribution in [-0.4, -0.2) is 38.7 Å². The van der Waals surface area contributed by atoms with Gasteiger partial charge in [0.05, 0.1) is 18.1 Å². The first-order valence-corrected chi connectivity index (χ1v) is 6.11. The van der Waals surface area contributed by atoms with Gasteiger partial charge in [0.2, 0.25) is 0 Å². The van der Waals surface area contributed by atoms with Crippen molar-refractivity contribution >= 4 is 9.84 Å². The smallest absolute Gasteiger partial charge is 0.305 e. The van der Waals surface area contributed by atoms with Gasteiger partial charge in [0.25, 0.3) is 0 Å². The molecule has 0 aromatic heterocycles. The van der Waals surface area contributed by atoms with Gasteiger partial charge in [-0.05, 0) is 12.8 Å². The molecule has 1 N–H and O–H groups in total. The van der Waals surface area contributed by atoms with Crippen LogP contribution in [0.4, 0.5) is 13.2 Å². The molecule has 0 saturated carbocycles. The van der Waals surface area contributed by atoms with Crippen LogP contribution in [-0.2, 0) is 9.84 Å². The molecule has 1 atom stereocenters. The van der Waals surface area contributed by atoms with Crippen molar-refractivity contribution in [2.75, 3.05) is 18.1 Å². The number of alkyl halides is 3. The first-order chi connectivity index (χ1) is 6.29. The van der Waals surface area contributed by atoms with Crippen molar-refractivity contribution in [2.24, 2.45) is 0 Å². The molecular weight excluding hydrogens is 219 g/mol. The van der Waals surface area contributed by atoms with Crippen LogP contribution in [0.15, 0.2) is 0 Å². The summed E-state index contributed by atoms with van der Waals surface area (Å²) in [7, 11) is -3.13. The van der Waals surface area contributed by atoms with E-state index in [2.05, 4.69) is 5.32 Å². The number of sulfone groups is 1. The van der Waals surface area contributed by atoms with E-state index in [1.54, 1.807) is 0 Å². The molecule has 84 valence electrons. The molecule has 1 saturated heterocycles. The fourth-order valence-electron chi connectivity index (χ4n) is 1.44. The van der Waals surface area contributed by atoms with Crippen LogP contribution in [0.2, 0.25) is 0 Å². The number of hydrogen-bond donors (Lipinski definition) is 1. The van der Waals surface area contributed by atoms with E-state index in [1.807, 2.05) is 0 Å². The molecule has 0 aromatic rings. The topological polar surface area (TPSA) is 46.2 Å². The highest BCUT2D eigenvalue weighted by molar-refractivity contribution is 7.91. The molecule has 0 radical (unpaired) electrons. The maximum absolute atomic E-state index is 11.8. The average Bonchev–Trinajstić information content (AvgIpc) is 1.98. The molecule has 3 nitrogen and oxygen atoms in total. The van der Waals surface area contributed by atoms with Crippen molar-refractivity contribution in [3.05, 3.63) is 0 Å². The van der Waals surface area contributed by atoms with E-state index < -0.39 is 28.6 Å². The Balaban J connectivity index is 2.39. The van der Waals surface area contributed by atoms with Gasteiger partial charge in [0.15, 0.2) is 9.84 Å². The summed E-state index contributed by atoms with van der Waals surface area (Å²) in [5.74, 6) is -0.0831. The van der Waals surface area contributed by atoms with E-state index in [1.165, 1.54) is 0 Å². The lowest BCUT2D eigenvalue weighted by Gasteiger charge is -2.23. The Labute approximate surface area is 80.6 Å². The molecule has 7 heteroatoms. The fraction of sp³-hybridized carbons (Fsp3) is 1.00. The molecule has 1 unspecified atom stereocenters. The maximum atomic E-state index is 11.8. The second-order valence-corrected chi connectivity index (χ2v) is 5.68. The molecule has 14 heavy (non-hydrogen) atoms. The van der Waals surface area contributed by atoms with Gasteiger partial charge in [-0.2, -0.15) is 13.2 Å². The van der Waals surface area contributed by atoms with Crippen LogP contribution in [0.25, 0.3) is 0 Å². The highest BCUT2D eigenvalue weighted by Gasteiger charge is 2.31. The second kappa shape index (κ2) is 4.06. The molecular formula is C7H12F3NO2S. The summed E-state index contributed by atoms with van der Waals surface area (Å²) in [6.45, 7) is -1.12. The maximum Gasteiger partial charge on any atom is 0.401 e. The van der Waals surface area contributed by atoms with Gasteiger partial charge in [-0.25, -0.2) is 8.42 Å². The van der Waals surface area contributed by atoms with Crippen LogP contribution < -0.4 is 5.32 Å². The summed E-state index contributed by atoms with van der Waals surface area (Å²) in [6.07, 6.45) is -3.34. The van der Waals surface area contributed by atoms with Gasteiger partial charge in [0, 0.05) is 6.04 Å². The Morgan fingerprint density at radius 3 is 2.50 bits per heavy atom. The van der Waals surface area contributed by atoms with Crippen molar-refractivity contribution in [2.45, 2.75) is 25.1 Å². The van der Waals surface area contributed by atoms with Gasteiger partial charge in [-0.1, -0.05) is 0 Å². The van der Waals surface area contributed by atoms with Gasteiger partial charge in [-0.15, -0.1) is 0 Å². The van der Waals surface area contributed by atoms with Gasteiger partial charge >= 0.3 is 6.18 Å². The Morgan fingerprint density at radius 1 is 1.36 bits per heavy atom. The molecule has 1 heterocycles. The Bertz CT molecular complexity index is 286. The number of hydrogen-bond acceptors (Lipinski definition) is 3. The summed E-state index contributed by atoms with van der Waals surface area (Å²) in [4.78, 5) is 0. The Morgan fingerprint density at radius 2 is 2.00 bits per heavy atom. The number of nitrogens with one attached hydrogen (secondary N) is 1. The lowest BCUT2D eigenvalue weighted by atomic mass is 10.2. The molecule has 0 spiro atoms. The van der Waals surface area contributed by atoms with Crippen molar-refractivity contribution in [3.8, 4) is 0 Å². The van der Waals surface area contributed by atoms with Crippen LogP contribution in [0.1, 0.15) is 12.8 Å². The highest BCUT2D eigenvalue weighted by atomic mass is 32.2. The third-order valence-corrected chi connectivity index (χ3v) is 3.88. The molecule has 0 aliphatic carbocycles. The highest BCUT2D eigenvalue weighted by Crippen LogP contribution is 2.16. The zero-order valence-corrected chi connectivity index (χ0v) is 8.29. The predicted molar refractivity (Wildman–Crippen MR) is 45.7 cm³/mol.